The van der Waals surface area contributed by atoms with Crippen molar-refractivity contribution in [2.75, 3.05) is 0 Å². The molecule has 0 bridgehead atoms. The Hall–Kier alpha value is -3.73. The molecule has 0 atom stereocenters. The maximum Gasteiger partial charge on any atom is 0.0798 e. The quantitative estimate of drug-likeness (QED) is 0.132. The van der Waals surface area contributed by atoms with Crippen molar-refractivity contribution in [1.29, 1.82) is 0 Å². The van der Waals surface area contributed by atoms with E-state index in [1.807, 2.05) is 60.0 Å². The largest absolute Gasteiger partial charge is 0.305 e. The minimum absolute atomic E-state index is 0. The summed E-state index contributed by atoms with van der Waals surface area (Å²) in [6.45, 7) is 9.24. The molecule has 0 aliphatic rings. The van der Waals surface area contributed by atoms with E-state index in [9.17, 15) is 0 Å². The van der Waals surface area contributed by atoms with Gasteiger partial charge in [-0.15, -0.1) is 59.7 Å². The van der Waals surface area contributed by atoms with Gasteiger partial charge in [0.25, 0.3) is 0 Å². The topological polar surface area (TPSA) is 25.8 Å². The fraction of sp³-hybridized carbons (Fsp3) is 0.105. The smallest absolute Gasteiger partial charge is 0.0798 e. The molecule has 0 aliphatic heterocycles. The van der Waals surface area contributed by atoms with Crippen LogP contribution in [0.15, 0.2) is 122 Å². The number of hydrogen-bond acceptors (Lipinski definition) is 3. The van der Waals surface area contributed by atoms with Crippen molar-refractivity contribution in [2.45, 2.75) is 26.6 Å². The van der Waals surface area contributed by atoms with Crippen LogP contribution in [-0.2, 0) is 20.1 Å². The predicted octanol–water partition coefficient (Wildman–Crippen LogP) is 9.98. The number of benzene rings is 4. The second kappa shape index (κ2) is 13.3. The normalized spacial score (nSPS) is 11.1. The Morgan fingerprint density at radius 3 is 2.14 bits per heavy atom. The summed E-state index contributed by atoms with van der Waals surface area (Å²) in [5, 5.41) is 4.02. The third-order valence-electron chi connectivity index (χ3n) is 7.37. The monoisotopic (exact) mass is 769 g/mol. The first-order valence-corrected chi connectivity index (χ1v) is 18.5. The van der Waals surface area contributed by atoms with Crippen LogP contribution in [0.2, 0.25) is 19.6 Å². The summed E-state index contributed by atoms with van der Waals surface area (Å²) in [6, 6.07) is 44.1. The summed E-state index contributed by atoms with van der Waals surface area (Å²) in [5.74, 6) is 0. The van der Waals surface area contributed by atoms with Crippen LogP contribution in [-0.4, -0.2) is 18.0 Å². The van der Waals surface area contributed by atoms with Gasteiger partial charge in [-0.25, -0.2) is 0 Å². The minimum Gasteiger partial charge on any atom is -0.305 e. The van der Waals surface area contributed by atoms with Crippen LogP contribution in [0.1, 0.15) is 5.56 Å². The van der Waals surface area contributed by atoms with Gasteiger partial charge in [-0.05, 0) is 50.8 Å². The Kier molecular flexibility index (Phi) is 9.48. The zero-order valence-corrected chi connectivity index (χ0v) is 28.9. The number of rotatable bonds is 4. The van der Waals surface area contributed by atoms with Gasteiger partial charge in [-0.3, -0.25) is 0 Å². The van der Waals surface area contributed by atoms with E-state index in [1.54, 1.807) is 0 Å². The number of hydrogen-bond donors (Lipinski definition) is 0. The average molecular weight is 769 g/mol. The molecule has 1 radical (unpaired) electrons. The number of fused-ring (bicyclic) bond motifs is 3. The molecular formula is C38H32IrN2SSi-2. The van der Waals surface area contributed by atoms with Crippen LogP contribution < -0.4 is 5.19 Å². The predicted molar refractivity (Wildman–Crippen MR) is 183 cm³/mol. The van der Waals surface area contributed by atoms with Crippen molar-refractivity contribution in [3.8, 4) is 33.6 Å². The molecule has 3 aromatic heterocycles. The van der Waals surface area contributed by atoms with Crippen LogP contribution >= 0.6 is 11.3 Å². The molecule has 0 unspecified atom stereocenters. The van der Waals surface area contributed by atoms with Crippen molar-refractivity contribution in [3.63, 3.8) is 0 Å². The van der Waals surface area contributed by atoms with Gasteiger partial charge in [0.1, 0.15) is 0 Å². The molecule has 7 rings (SSSR count). The van der Waals surface area contributed by atoms with E-state index < -0.39 is 8.07 Å². The van der Waals surface area contributed by atoms with E-state index in [1.165, 1.54) is 42.0 Å². The molecule has 0 N–H and O–H groups in total. The molecule has 5 heteroatoms. The summed E-state index contributed by atoms with van der Waals surface area (Å²) >= 11 is 1.83. The van der Waals surface area contributed by atoms with Gasteiger partial charge in [0.05, 0.1) is 8.07 Å². The maximum atomic E-state index is 4.58. The molecule has 7 aromatic rings. The Morgan fingerprint density at radius 2 is 1.44 bits per heavy atom. The first kappa shape index (κ1) is 30.7. The number of pyridine rings is 2. The van der Waals surface area contributed by atoms with Crippen LogP contribution in [0.4, 0.5) is 0 Å². The molecule has 3 heterocycles. The molecule has 4 aromatic carbocycles. The standard InChI is InChI=1S/C23H14NS.C15H18NSi.Ir/c1-2-8-16(9-3-1)17-10-6-11-18-19-12-7-13-20(23(19)25-22(17)18)21-14-4-5-15-24-21;1-12-10-14(13-8-6-5-7-9-13)16-11-15(12)17(2,3)4;/h1-12,14-15H;5-8,10-11H,1-4H3;/q2*-1;. The van der Waals surface area contributed by atoms with Crippen molar-refractivity contribution >= 4 is 44.8 Å². The van der Waals surface area contributed by atoms with E-state index in [4.69, 9.17) is 0 Å². The number of nitrogens with zero attached hydrogens (tertiary/aromatic N) is 2. The number of aromatic nitrogens is 2. The van der Waals surface area contributed by atoms with Crippen molar-refractivity contribution in [1.82, 2.24) is 9.97 Å². The van der Waals surface area contributed by atoms with Crippen LogP contribution in [0.25, 0.3) is 53.8 Å². The van der Waals surface area contributed by atoms with E-state index in [-0.39, 0.29) is 20.1 Å². The van der Waals surface area contributed by atoms with E-state index in [0.717, 1.165) is 22.5 Å². The second-order valence-corrected chi connectivity index (χ2v) is 17.4. The van der Waals surface area contributed by atoms with Gasteiger partial charge in [0.2, 0.25) is 0 Å². The Labute approximate surface area is 272 Å². The van der Waals surface area contributed by atoms with Gasteiger partial charge in [0.15, 0.2) is 0 Å². The zero-order valence-electron chi connectivity index (χ0n) is 24.7. The third kappa shape index (κ3) is 6.61. The molecule has 2 nitrogen and oxygen atoms in total. The van der Waals surface area contributed by atoms with Gasteiger partial charge >= 0.3 is 0 Å². The summed E-state index contributed by atoms with van der Waals surface area (Å²) in [5.41, 5.74) is 8.03. The Bertz CT molecular complexity index is 1870. The summed E-state index contributed by atoms with van der Waals surface area (Å²) in [7, 11) is -1.27. The SMILES string of the molecule is Cc1cc(-c2[c-]cccc2)ncc1[Si](C)(C)C.[Ir].[c-]1ccc2c(sc3c(-c4ccccc4)cccc32)c1-c1ccccn1. The van der Waals surface area contributed by atoms with E-state index >= 15 is 0 Å². The van der Waals surface area contributed by atoms with Gasteiger partial charge in [-0.1, -0.05) is 97.3 Å². The van der Waals surface area contributed by atoms with Crippen molar-refractivity contribution in [3.05, 3.63) is 139 Å². The first-order chi connectivity index (χ1) is 20.4. The number of aryl methyl sites for hydroxylation is 1. The second-order valence-electron chi connectivity index (χ2n) is 11.4. The van der Waals surface area contributed by atoms with Gasteiger partial charge in [0, 0.05) is 37.2 Å². The van der Waals surface area contributed by atoms with E-state index in [0.29, 0.717) is 0 Å². The molecule has 0 amide bonds. The molecule has 0 aliphatic carbocycles. The van der Waals surface area contributed by atoms with E-state index in [2.05, 4.69) is 122 Å². The Balaban J connectivity index is 0.000000180. The molecule has 0 saturated carbocycles. The maximum absolute atomic E-state index is 4.58. The Morgan fingerprint density at radius 1 is 0.674 bits per heavy atom. The molecule has 43 heavy (non-hydrogen) atoms. The van der Waals surface area contributed by atoms with Crippen molar-refractivity contribution in [2.24, 2.45) is 0 Å². The van der Waals surface area contributed by atoms with Crippen LogP contribution in [0, 0.1) is 19.1 Å². The molecule has 215 valence electrons. The summed E-state index contributed by atoms with van der Waals surface area (Å²) in [6.07, 6.45) is 3.89. The van der Waals surface area contributed by atoms with Crippen LogP contribution in [0.5, 0.6) is 0 Å². The van der Waals surface area contributed by atoms with Gasteiger partial charge in [-0.2, -0.15) is 11.3 Å². The first-order valence-electron chi connectivity index (χ1n) is 14.2. The molecule has 0 fully saturated rings. The fourth-order valence-electron chi connectivity index (χ4n) is 5.35. The fourth-order valence-corrected chi connectivity index (χ4v) is 8.40. The third-order valence-corrected chi connectivity index (χ3v) is 10.8. The minimum atomic E-state index is -1.27. The molecular weight excluding hydrogens is 737 g/mol. The zero-order chi connectivity index (χ0) is 29.1. The van der Waals surface area contributed by atoms with Gasteiger partial charge < -0.3 is 9.97 Å². The van der Waals surface area contributed by atoms with Crippen LogP contribution in [0.3, 0.4) is 0 Å². The summed E-state index contributed by atoms with van der Waals surface area (Å²) in [4.78, 5) is 9.10. The summed E-state index contributed by atoms with van der Waals surface area (Å²) < 4.78 is 2.57. The average Bonchev–Trinajstić information content (AvgIpc) is 3.41. The number of thiophene rings is 1. The molecule has 0 saturated heterocycles. The molecule has 0 spiro atoms. The van der Waals surface area contributed by atoms with Crippen molar-refractivity contribution < 1.29 is 20.1 Å².